The lowest BCUT2D eigenvalue weighted by Gasteiger charge is -2.11. The van der Waals surface area contributed by atoms with Crippen LogP contribution in [0.25, 0.3) is 0 Å². The Hall–Kier alpha value is -1.70. The maximum absolute atomic E-state index is 11.3. The van der Waals surface area contributed by atoms with Gasteiger partial charge in [0, 0.05) is 0 Å². The van der Waals surface area contributed by atoms with Crippen molar-refractivity contribution in [1.29, 1.82) is 0 Å². The summed E-state index contributed by atoms with van der Waals surface area (Å²) in [6, 6.07) is -0.655. The van der Waals surface area contributed by atoms with Gasteiger partial charge in [-0.3, -0.25) is 14.9 Å². The van der Waals surface area contributed by atoms with Crippen molar-refractivity contribution in [1.82, 2.24) is 15.2 Å². The molecule has 1 aromatic heterocycles. The summed E-state index contributed by atoms with van der Waals surface area (Å²) >= 11 is 4.67. The predicted molar refractivity (Wildman–Crippen MR) is 59.8 cm³/mol. The van der Waals surface area contributed by atoms with Gasteiger partial charge in [0.15, 0.2) is 4.77 Å². The van der Waals surface area contributed by atoms with Crippen molar-refractivity contribution in [2.24, 2.45) is 0 Å². The largest absolute Gasteiger partial charge is 0.464 e. The zero-order valence-corrected chi connectivity index (χ0v) is 9.68. The zero-order valence-electron chi connectivity index (χ0n) is 8.86. The van der Waals surface area contributed by atoms with E-state index in [1.165, 1.54) is 0 Å². The third-order valence-corrected chi connectivity index (χ3v) is 1.90. The number of carbonyl (C=O) groups is 1. The van der Waals surface area contributed by atoms with E-state index in [0.29, 0.717) is 0 Å². The molecule has 1 atom stereocenters. The number of hydrogen-bond donors (Lipinski definition) is 3. The van der Waals surface area contributed by atoms with Crippen LogP contribution in [0.4, 0.5) is 5.82 Å². The lowest BCUT2D eigenvalue weighted by molar-refractivity contribution is -0.143. The molecule has 8 heteroatoms. The Morgan fingerprint density at radius 1 is 1.69 bits per heavy atom. The van der Waals surface area contributed by atoms with Gasteiger partial charge in [-0.05, 0) is 26.1 Å². The van der Waals surface area contributed by atoms with E-state index in [2.05, 4.69) is 32.7 Å². The van der Waals surface area contributed by atoms with Gasteiger partial charge in [-0.25, -0.2) is 4.79 Å². The second-order valence-electron chi connectivity index (χ2n) is 2.97. The summed E-state index contributed by atoms with van der Waals surface area (Å²) in [5.74, 6) is -0.458. The van der Waals surface area contributed by atoms with Gasteiger partial charge >= 0.3 is 5.97 Å². The zero-order chi connectivity index (χ0) is 12.1. The van der Waals surface area contributed by atoms with Crippen molar-refractivity contribution >= 4 is 24.0 Å². The highest BCUT2D eigenvalue weighted by molar-refractivity contribution is 7.71. The molecule has 0 aliphatic heterocycles. The standard InChI is InChI=1S/C8H12N4O3S/c1-3-15-7(14)4(2)9-5-6(13)10-8(16)12-11-5/h4H,3H2,1-2H3,(H,9,11)(H2,10,12,13,16)/t4-/m0/s1. The van der Waals surface area contributed by atoms with Gasteiger partial charge in [-0.15, -0.1) is 5.10 Å². The monoisotopic (exact) mass is 244 g/mol. The van der Waals surface area contributed by atoms with Gasteiger partial charge in [0.1, 0.15) is 6.04 Å². The lowest BCUT2D eigenvalue weighted by atomic mass is 10.3. The molecule has 16 heavy (non-hydrogen) atoms. The van der Waals surface area contributed by atoms with Crippen molar-refractivity contribution < 1.29 is 9.53 Å². The first-order valence-corrected chi connectivity index (χ1v) is 5.07. The first-order valence-electron chi connectivity index (χ1n) is 4.66. The van der Waals surface area contributed by atoms with Crippen LogP contribution in [0.3, 0.4) is 0 Å². The van der Waals surface area contributed by atoms with Crippen LogP contribution >= 0.6 is 12.2 Å². The lowest BCUT2D eigenvalue weighted by Crippen LogP contribution is -2.31. The molecule has 0 saturated heterocycles. The number of rotatable bonds is 4. The van der Waals surface area contributed by atoms with Crippen LogP contribution in [0.2, 0.25) is 0 Å². The summed E-state index contributed by atoms with van der Waals surface area (Å²) < 4.78 is 4.89. The number of hydrogen-bond acceptors (Lipinski definition) is 6. The molecule has 1 heterocycles. The summed E-state index contributed by atoms with van der Waals surface area (Å²) in [6.45, 7) is 3.56. The Kier molecular flexibility index (Phi) is 4.18. The minimum absolute atomic E-state index is 0.00541. The molecule has 0 spiro atoms. The van der Waals surface area contributed by atoms with Crippen molar-refractivity contribution in [2.45, 2.75) is 19.9 Å². The summed E-state index contributed by atoms with van der Waals surface area (Å²) in [5, 5.41) is 8.70. The van der Waals surface area contributed by atoms with Gasteiger partial charge in [0.05, 0.1) is 6.61 Å². The van der Waals surface area contributed by atoms with E-state index in [9.17, 15) is 9.59 Å². The van der Waals surface area contributed by atoms with Gasteiger partial charge in [0.2, 0.25) is 5.82 Å². The average molecular weight is 244 g/mol. The molecular formula is C8H12N4O3S. The van der Waals surface area contributed by atoms with Crippen LogP contribution in [0.15, 0.2) is 4.79 Å². The Labute approximate surface area is 96.2 Å². The molecule has 0 radical (unpaired) electrons. The van der Waals surface area contributed by atoms with E-state index in [-0.39, 0.29) is 17.2 Å². The Morgan fingerprint density at radius 2 is 2.38 bits per heavy atom. The van der Waals surface area contributed by atoms with Crippen molar-refractivity contribution in [3.63, 3.8) is 0 Å². The Morgan fingerprint density at radius 3 is 2.94 bits per heavy atom. The maximum Gasteiger partial charge on any atom is 0.328 e. The average Bonchev–Trinajstić information content (AvgIpc) is 2.22. The molecule has 1 rings (SSSR count). The molecule has 0 saturated carbocycles. The number of esters is 1. The fourth-order valence-corrected chi connectivity index (χ4v) is 1.12. The SMILES string of the molecule is CCOC(=O)[C@H](C)Nc1n[nH]c(=S)[nH]c1=O. The van der Waals surface area contributed by atoms with Gasteiger partial charge in [0.25, 0.3) is 5.56 Å². The molecule has 0 aliphatic rings. The highest BCUT2D eigenvalue weighted by atomic mass is 32.1. The summed E-state index contributed by atoms with van der Waals surface area (Å²) in [7, 11) is 0. The molecule has 88 valence electrons. The van der Waals surface area contributed by atoms with Crippen LogP contribution in [-0.2, 0) is 9.53 Å². The molecule has 0 amide bonds. The molecule has 7 nitrogen and oxygen atoms in total. The molecule has 0 fully saturated rings. The quantitative estimate of drug-likeness (QED) is 0.516. The minimum Gasteiger partial charge on any atom is -0.464 e. The second kappa shape index (κ2) is 5.40. The van der Waals surface area contributed by atoms with E-state index in [0.717, 1.165) is 0 Å². The highest BCUT2D eigenvalue weighted by Gasteiger charge is 2.15. The van der Waals surface area contributed by atoms with Crippen LogP contribution in [0, 0.1) is 4.77 Å². The number of nitrogens with one attached hydrogen (secondary N) is 3. The molecular weight excluding hydrogens is 232 g/mol. The first-order chi connectivity index (χ1) is 7.54. The Balaban J connectivity index is 2.77. The number of H-pyrrole nitrogens is 2. The highest BCUT2D eigenvalue weighted by Crippen LogP contribution is 1.96. The van der Waals surface area contributed by atoms with Crippen LogP contribution in [0.1, 0.15) is 13.8 Å². The van der Waals surface area contributed by atoms with Gasteiger partial charge < -0.3 is 10.1 Å². The maximum atomic E-state index is 11.3. The minimum atomic E-state index is -0.655. The number of carbonyl (C=O) groups excluding carboxylic acids is 1. The van der Waals surface area contributed by atoms with E-state index in [1.807, 2.05) is 0 Å². The smallest absolute Gasteiger partial charge is 0.328 e. The first kappa shape index (κ1) is 12.4. The molecule has 0 aromatic carbocycles. The van der Waals surface area contributed by atoms with Gasteiger partial charge in [-0.1, -0.05) is 0 Å². The number of aromatic nitrogens is 3. The Bertz CT molecular complexity index is 481. The molecule has 3 N–H and O–H groups in total. The topological polar surface area (TPSA) is 99.9 Å². The third kappa shape index (κ3) is 3.16. The summed E-state index contributed by atoms with van der Waals surface area (Å²) in [5.41, 5.74) is -0.486. The van der Waals surface area contributed by atoms with E-state index >= 15 is 0 Å². The number of aromatic amines is 2. The summed E-state index contributed by atoms with van der Waals surface area (Å²) in [4.78, 5) is 24.9. The van der Waals surface area contributed by atoms with Crippen molar-refractivity contribution in [3.8, 4) is 0 Å². The third-order valence-electron chi connectivity index (χ3n) is 1.70. The van der Waals surface area contributed by atoms with Crippen molar-refractivity contribution in [3.05, 3.63) is 15.1 Å². The van der Waals surface area contributed by atoms with E-state index < -0.39 is 17.6 Å². The number of nitrogens with zero attached hydrogens (tertiary/aromatic N) is 1. The number of ether oxygens (including phenoxy) is 1. The van der Waals surface area contributed by atoms with Crippen LogP contribution in [0.5, 0.6) is 0 Å². The van der Waals surface area contributed by atoms with Crippen molar-refractivity contribution in [2.75, 3.05) is 11.9 Å². The van der Waals surface area contributed by atoms with Crippen LogP contribution < -0.4 is 10.9 Å². The van der Waals surface area contributed by atoms with Crippen LogP contribution in [-0.4, -0.2) is 33.8 Å². The molecule has 0 unspecified atom stereocenters. The predicted octanol–water partition coefficient (Wildman–Crippen LogP) is 0.191. The van der Waals surface area contributed by atoms with E-state index in [4.69, 9.17) is 4.74 Å². The molecule has 1 aromatic rings. The normalized spacial score (nSPS) is 11.9. The van der Waals surface area contributed by atoms with E-state index in [1.54, 1.807) is 13.8 Å². The molecule has 0 bridgehead atoms. The second-order valence-corrected chi connectivity index (χ2v) is 3.38. The number of anilines is 1. The molecule has 0 aliphatic carbocycles. The summed E-state index contributed by atoms with van der Waals surface area (Å²) in [6.07, 6.45) is 0. The fourth-order valence-electron chi connectivity index (χ4n) is 0.977. The fraction of sp³-hybridized carbons (Fsp3) is 0.500. The van der Waals surface area contributed by atoms with Gasteiger partial charge in [-0.2, -0.15) is 0 Å².